The van der Waals surface area contributed by atoms with Crippen molar-refractivity contribution in [3.05, 3.63) is 46.2 Å². The van der Waals surface area contributed by atoms with Crippen LogP contribution in [-0.4, -0.2) is 34.6 Å². The van der Waals surface area contributed by atoms with Crippen molar-refractivity contribution in [2.24, 2.45) is 5.10 Å². The summed E-state index contributed by atoms with van der Waals surface area (Å²) in [6, 6.07) is 8.53. The normalized spacial score (nSPS) is 15.6. The molecule has 0 spiro atoms. The molecule has 8 nitrogen and oxygen atoms in total. The molecule has 2 amide bonds. The molecule has 0 saturated carbocycles. The molecule has 0 bridgehead atoms. The van der Waals surface area contributed by atoms with Crippen LogP contribution in [0, 0.1) is 0 Å². The summed E-state index contributed by atoms with van der Waals surface area (Å²) in [4.78, 5) is 36.1. The number of benzene rings is 1. The molecule has 1 aliphatic heterocycles. The molecule has 152 valence electrons. The predicted molar refractivity (Wildman–Crippen MR) is 111 cm³/mol. The number of esters is 1. The topological polar surface area (TPSA) is 97.3 Å². The lowest BCUT2D eigenvalue weighted by Crippen LogP contribution is -2.25. The zero-order valence-electron chi connectivity index (χ0n) is 16.0. The van der Waals surface area contributed by atoms with Gasteiger partial charge in [-0.3, -0.25) is 9.59 Å². The summed E-state index contributed by atoms with van der Waals surface area (Å²) in [6.07, 6.45) is 0. The molecule has 2 aromatic rings. The first-order valence-corrected chi connectivity index (χ1v) is 10.5. The second-order valence-corrected chi connectivity index (χ2v) is 7.94. The number of carbonyl (C=O) groups excluding carboxylic acids is 3. The fourth-order valence-corrected chi connectivity index (χ4v) is 4.28. The highest BCUT2D eigenvalue weighted by molar-refractivity contribution is 8.14. The van der Waals surface area contributed by atoms with E-state index in [1.165, 1.54) is 42.0 Å². The summed E-state index contributed by atoms with van der Waals surface area (Å²) in [5.41, 5.74) is 0.716. The Balaban J connectivity index is 1.86. The second-order valence-electron chi connectivity index (χ2n) is 5.93. The van der Waals surface area contributed by atoms with Gasteiger partial charge in [-0.05, 0) is 36.1 Å². The highest BCUT2D eigenvalue weighted by Crippen LogP contribution is 2.41. The maximum atomic E-state index is 12.3. The van der Waals surface area contributed by atoms with Gasteiger partial charge in [0.2, 0.25) is 11.8 Å². The SMILES string of the molecule is CCOc1cc([C@@H]2SC(NC(C)=O)=NN2C(C)=O)ccc1OC(=O)c1cccs1. The lowest BCUT2D eigenvalue weighted by Gasteiger charge is -2.20. The maximum Gasteiger partial charge on any atom is 0.353 e. The number of nitrogens with zero attached hydrogens (tertiary/aromatic N) is 2. The molecule has 10 heteroatoms. The van der Waals surface area contributed by atoms with E-state index in [0.29, 0.717) is 28.0 Å². The Labute approximate surface area is 175 Å². The van der Waals surface area contributed by atoms with Gasteiger partial charge >= 0.3 is 5.97 Å². The van der Waals surface area contributed by atoms with Crippen molar-refractivity contribution in [1.29, 1.82) is 0 Å². The Morgan fingerprint density at radius 3 is 2.62 bits per heavy atom. The third-order valence-electron chi connectivity index (χ3n) is 3.73. The van der Waals surface area contributed by atoms with E-state index in [0.717, 1.165) is 0 Å². The van der Waals surface area contributed by atoms with Gasteiger partial charge in [-0.15, -0.1) is 16.4 Å². The van der Waals surface area contributed by atoms with Gasteiger partial charge in [0, 0.05) is 13.8 Å². The number of hydrazone groups is 1. The van der Waals surface area contributed by atoms with Crippen LogP contribution in [0.3, 0.4) is 0 Å². The second kappa shape index (κ2) is 9.10. The third-order valence-corrected chi connectivity index (χ3v) is 5.68. The first-order chi connectivity index (χ1) is 13.9. The molecule has 0 saturated heterocycles. The molecule has 29 heavy (non-hydrogen) atoms. The molecule has 1 N–H and O–H groups in total. The van der Waals surface area contributed by atoms with Crippen molar-refractivity contribution >= 4 is 46.0 Å². The minimum atomic E-state index is -0.476. The van der Waals surface area contributed by atoms with Crippen LogP contribution in [-0.2, 0) is 9.59 Å². The Morgan fingerprint density at radius 1 is 1.21 bits per heavy atom. The largest absolute Gasteiger partial charge is 0.490 e. The number of ether oxygens (including phenoxy) is 2. The number of amides is 2. The van der Waals surface area contributed by atoms with E-state index >= 15 is 0 Å². The predicted octanol–water partition coefficient (Wildman–Crippen LogP) is 3.37. The van der Waals surface area contributed by atoms with Crippen molar-refractivity contribution < 1.29 is 23.9 Å². The first-order valence-electron chi connectivity index (χ1n) is 8.74. The van der Waals surface area contributed by atoms with Gasteiger partial charge in [0.1, 0.15) is 10.3 Å². The van der Waals surface area contributed by atoms with E-state index in [2.05, 4.69) is 10.4 Å². The zero-order valence-corrected chi connectivity index (χ0v) is 17.6. The number of hydrogen-bond donors (Lipinski definition) is 1. The molecule has 2 heterocycles. The molecular formula is C19H19N3O5S2. The summed E-state index contributed by atoms with van der Waals surface area (Å²) in [6.45, 7) is 4.96. The summed E-state index contributed by atoms with van der Waals surface area (Å²) >= 11 is 2.52. The number of nitrogens with one attached hydrogen (secondary N) is 1. The third kappa shape index (κ3) is 4.96. The number of hydrogen-bond acceptors (Lipinski definition) is 8. The number of thiophene rings is 1. The fraction of sp³-hybridized carbons (Fsp3) is 0.263. The number of rotatable bonds is 5. The van der Waals surface area contributed by atoms with Crippen molar-refractivity contribution in [3.8, 4) is 11.5 Å². The first kappa shape index (κ1) is 20.9. The van der Waals surface area contributed by atoms with E-state index in [1.54, 1.807) is 35.7 Å². The molecule has 0 radical (unpaired) electrons. The smallest absolute Gasteiger partial charge is 0.353 e. The van der Waals surface area contributed by atoms with Crippen LogP contribution in [0.4, 0.5) is 0 Å². The number of amidine groups is 1. The molecule has 1 aromatic heterocycles. The van der Waals surface area contributed by atoms with Gasteiger partial charge in [-0.2, -0.15) is 0 Å². The van der Waals surface area contributed by atoms with Crippen molar-refractivity contribution in [3.63, 3.8) is 0 Å². The molecule has 0 unspecified atom stereocenters. The van der Waals surface area contributed by atoms with Gasteiger partial charge in [0.15, 0.2) is 16.7 Å². The molecule has 3 rings (SSSR count). The van der Waals surface area contributed by atoms with Crippen LogP contribution in [0.15, 0.2) is 40.8 Å². The van der Waals surface area contributed by atoms with E-state index < -0.39 is 11.3 Å². The molecular weight excluding hydrogens is 414 g/mol. The van der Waals surface area contributed by atoms with Gasteiger partial charge in [0.05, 0.1) is 6.61 Å². The Bertz CT molecular complexity index is 959. The van der Waals surface area contributed by atoms with Crippen LogP contribution < -0.4 is 14.8 Å². The minimum absolute atomic E-state index is 0.269. The number of thioether (sulfide) groups is 1. The Morgan fingerprint density at radius 2 is 2.00 bits per heavy atom. The van der Waals surface area contributed by atoms with Gasteiger partial charge in [-0.25, -0.2) is 9.80 Å². The zero-order chi connectivity index (χ0) is 21.0. The molecule has 0 fully saturated rings. The van der Waals surface area contributed by atoms with E-state index in [9.17, 15) is 14.4 Å². The lowest BCUT2D eigenvalue weighted by molar-refractivity contribution is -0.129. The van der Waals surface area contributed by atoms with E-state index in [-0.39, 0.29) is 17.6 Å². The summed E-state index contributed by atoms with van der Waals surface area (Å²) in [5, 5.41) is 9.72. The van der Waals surface area contributed by atoms with Crippen LogP contribution in [0.5, 0.6) is 11.5 Å². The van der Waals surface area contributed by atoms with E-state index in [4.69, 9.17) is 9.47 Å². The number of carbonyl (C=O) groups is 3. The van der Waals surface area contributed by atoms with Crippen molar-refractivity contribution in [2.75, 3.05) is 6.61 Å². The van der Waals surface area contributed by atoms with Crippen molar-refractivity contribution in [1.82, 2.24) is 10.3 Å². The van der Waals surface area contributed by atoms with Gasteiger partial charge in [-0.1, -0.05) is 23.9 Å². The van der Waals surface area contributed by atoms with Gasteiger partial charge in [0.25, 0.3) is 0 Å². The monoisotopic (exact) mass is 433 g/mol. The molecule has 0 aliphatic carbocycles. The van der Waals surface area contributed by atoms with Gasteiger partial charge < -0.3 is 14.8 Å². The molecule has 1 atom stereocenters. The highest BCUT2D eigenvalue weighted by Gasteiger charge is 2.33. The standard InChI is InChI=1S/C19H19N3O5S2/c1-4-26-15-10-13(7-8-14(15)27-18(25)16-6-5-9-28-16)17-22(12(3)24)21-19(29-17)20-11(2)23/h5-10,17H,4H2,1-3H3,(H,20,21,23)/t17-/m0/s1. The van der Waals surface area contributed by atoms with Crippen LogP contribution in [0.2, 0.25) is 0 Å². The quantitative estimate of drug-likeness (QED) is 0.574. The van der Waals surface area contributed by atoms with E-state index in [1.807, 2.05) is 6.92 Å². The van der Waals surface area contributed by atoms with Crippen LogP contribution in [0.25, 0.3) is 0 Å². The van der Waals surface area contributed by atoms with Crippen LogP contribution >= 0.6 is 23.1 Å². The lowest BCUT2D eigenvalue weighted by atomic mass is 10.2. The highest BCUT2D eigenvalue weighted by atomic mass is 32.2. The van der Waals surface area contributed by atoms with Crippen LogP contribution in [0.1, 0.15) is 41.4 Å². The fourth-order valence-electron chi connectivity index (χ4n) is 2.56. The average Bonchev–Trinajstić information content (AvgIpc) is 3.33. The summed E-state index contributed by atoms with van der Waals surface area (Å²) in [7, 11) is 0. The molecule has 1 aliphatic rings. The maximum absolute atomic E-state index is 12.3. The summed E-state index contributed by atoms with van der Waals surface area (Å²) < 4.78 is 11.1. The Hall–Kier alpha value is -2.85. The van der Waals surface area contributed by atoms with Crippen molar-refractivity contribution in [2.45, 2.75) is 26.1 Å². The Kier molecular flexibility index (Phi) is 6.55. The minimum Gasteiger partial charge on any atom is -0.490 e. The average molecular weight is 434 g/mol. The molecule has 1 aromatic carbocycles. The summed E-state index contributed by atoms with van der Waals surface area (Å²) in [5.74, 6) is -0.341.